The van der Waals surface area contributed by atoms with Crippen LogP contribution < -0.4 is 16.2 Å². The summed E-state index contributed by atoms with van der Waals surface area (Å²) in [5.41, 5.74) is 11.4. The number of halogens is 2. The number of carbonyl (C=O) groups excluding carboxylic acids is 1. The van der Waals surface area contributed by atoms with Crippen molar-refractivity contribution in [1.29, 1.82) is 0 Å². The van der Waals surface area contributed by atoms with Gasteiger partial charge in [-0.05, 0) is 30.3 Å². The average Bonchev–Trinajstić information content (AvgIpc) is 2.32. The van der Waals surface area contributed by atoms with E-state index in [4.69, 9.17) is 27.8 Å². The van der Waals surface area contributed by atoms with E-state index in [0.29, 0.717) is 11.4 Å². The molecule has 2 rings (SSSR count). The van der Waals surface area contributed by atoms with Gasteiger partial charge in [0.05, 0.1) is 10.6 Å². The minimum absolute atomic E-state index is 0.143. The van der Waals surface area contributed by atoms with Gasteiger partial charge in [-0.2, -0.15) is 0 Å². The SMILES string of the molecule is NC(=O)c1cc(N)cc(Cl)c1Oc1cccc(Br)c1. The highest BCUT2D eigenvalue weighted by atomic mass is 79.9. The van der Waals surface area contributed by atoms with Gasteiger partial charge in [0.25, 0.3) is 5.91 Å². The Kier molecular flexibility index (Phi) is 3.97. The van der Waals surface area contributed by atoms with Gasteiger partial charge in [0.15, 0.2) is 5.75 Å². The minimum Gasteiger partial charge on any atom is -0.455 e. The average molecular weight is 342 g/mol. The van der Waals surface area contributed by atoms with Crippen LogP contribution >= 0.6 is 27.5 Å². The van der Waals surface area contributed by atoms with Crippen molar-refractivity contribution in [2.45, 2.75) is 0 Å². The third kappa shape index (κ3) is 3.19. The summed E-state index contributed by atoms with van der Waals surface area (Å²) in [7, 11) is 0. The van der Waals surface area contributed by atoms with Crippen LogP contribution in [0.2, 0.25) is 5.02 Å². The van der Waals surface area contributed by atoms with Gasteiger partial charge >= 0.3 is 0 Å². The lowest BCUT2D eigenvalue weighted by molar-refractivity contribution is 0.0998. The van der Waals surface area contributed by atoms with Gasteiger partial charge in [-0.1, -0.05) is 33.6 Å². The van der Waals surface area contributed by atoms with Crippen LogP contribution in [0, 0.1) is 0 Å². The molecular formula is C13H10BrClN2O2. The molecule has 0 heterocycles. The Morgan fingerprint density at radius 3 is 2.63 bits per heavy atom. The number of carbonyl (C=O) groups is 1. The smallest absolute Gasteiger partial charge is 0.252 e. The second kappa shape index (κ2) is 5.50. The zero-order valence-corrected chi connectivity index (χ0v) is 12.0. The van der Waals surface area contributed by atoms with E-state index in [-0.39, 0.29) is 16.3 Å². The minimum atomic E-state index is -0.654. The molecule has 0 aromatic heterocycles. The van der Waals surface area contributed by atoms with Crippen molar-refractivity contribution < 1.29 is 9.53 Å². The van der Waals surface area contributed by atoms with Crippen LogP contribution in [0.5, 0.6) is 11.5 Å². The largest absolute Gasteiger partial charge is 0.455 e. The Labute approximate surface area is 123 Å². The summed E-state index contributed by atoms with van der Waals surface area (Å²) in [6, 6.07) is 10.1. The summed E-state index contributed by atoms with van der Waals surface area (Å²) in [5.74, 6) is 0.0733. The third-order valence-electron chi connectivity index (χ3n) is 2.35. The first kappa shape index (κ1) is 13.7. The van der Waals surface area contributed by atoms with Crippen LogP contribution in [0.1, 0.15) is 10.4 Å². The van der Waals surface area contributed by atoms with Crippen molar-refractivity contribution in [3.63, 3.8) is 0 Å². The summed E-state index contributed by atoms with van der Waals surface area (Å²) in [6.07, 6.45) is 0. The summed E-state index contributed by atoms with van der Waals surface area (Å²) < 4.78 is 6.46. The van der Waals surface area contributed by atoms with Gasteiger partial charge in [-0.25, -0.2) is 0 Å². The van der Waals surface area contributed by atoms with E-state index in [9.17, 15) is 4.79 Å². The number of hydrogen-bond donors (Lipinski definition) is 2. The molecule has 0 saturated carbocycles. The summed E-state index contributed by atoms with van der Waals surface area (Å²) in [4.78, 5) is 11.4. The molecular weight excluding hydrogens is 332 g/mol. The molecule has 0 spiro atoms. The van der Waals surface area contributed by atoms with E-state index in [0.717, 1.165) is 4.47 Å². The van der Waals surface area contributed by atoms with Gasteiger partial charge in [-0.15, -0.1) is 0 Å². The zero-order chi connectivity index (χ0) is 14.0. The quantitative estimate of drug-likeness (QED) is 0.838. The van der Waals surface area contributed by atoms with Crippen molar-refractivity contribution >= 4 is 39.1 Å². The number of primary amides is 1. The Morgan fingerprint density at radius 1 is 1.26 bits per heavy atom. The van der Waals surface area contributed by atoms with Crippen LogP contribution in [-0.2, 0) is 0 Å². The van der Waals surface area contributed by atoms with Gasteiger partial charge in [0, 0.05) is 10.2 Å². The fraction of sp³-hybridized carbons (Fsp3) is 0. The fourth-order valence-electron chi connectivity index (χ4n) is 1.55. The van der Waals surface area contributed by atoms with Crippen molar-refractivity contribution in [3.05, 3.63) is 51.5 Å². The number of benzene rings is 2. The lowest BCUT2D eigenvalue weighted by atomic mass is 10.1. The maximum atomic E-state index is 11.4. The molecule has 0 unspecified atom stereocenters. The molecule has 4 nitrogen and oxygen atoms in total. The maximum Gasteiger partial charge on any atom is 0.252 e. The van der Waals surface area contributed by atoms with Crippen LogP contribution in [-0.4, -0.2) is 5.91 Å². The van der Waals surface area contributed by atoms with Gasteiger partial charge < -0.3 is 16.2 Å². The molecule has 0 radical (unpaired) electrons. The van der Waals surface area contributed by atoms with Crippen molar-refractivity contribution in [2.24, 2.45) is 5.73 Å². The predicted molar refractivity (Wildman–Crippen MR) is 78.6 cm³/mol. The fourth-order valence-corrected chi connectivity index (χ4v) is 2.19. The van der Waals surface area contributed by atoms with Crippen molar-refractivity contribution in [2.75, 3.05) is 5.73 Å². The summed E-state index contributed by atoms with van der Waals surface area (Å²) >= 11 is 9.37. The number of hydrogen-bond acceptors (Lipinski definition) is 3. The van der Waals surface area contributed by atoms with Gasteiger partial charge in [-0.3, -0.25) is 4.79 Å². The lowest BCUT2D eigenvalue weighted by Crippen LogP contribution is -2.13. The highest BCUT2D eigenvalue weighted by Gasteiger charge is 2.15. The number of nitrogen functional groups attached to an aromatic ring is 1. The Balaban J connectivity index is 2.47. The van der Waals surface area contributed by atoms with Crippen LogP contribution in [0.15, 0.2) is 40.9 Å². The van der Waals surface area contributed by atoms with Crippen molar-refractivity contribution in [1.82, 2.24) is 0 Å². The first-order valence-corrected chi connectivity index (χ1v) is 6.46. The molecule has 19 heavy (non-hydrogen) atoms. The van der Waals surface area contributed by atoms with E-state index in [1.807, 2.05) is 6.07 Å². The molecule has 0 saturated heterocycles. The summed E-state index contributed by atoms with van der Waals surface area (Å²) in [6.45, 7) is 0. The molecule has 0 fully saturated rings. The first-order valence-electron chi connectivity index (χ1n) is 5.29. The highest BCUT2D eigenvalue weighted by molar-refractivity contribution is 9.10. The topological polar surface area (TPSA) is 78.3 Å². The van der Waals surface area contributed by atoms with Gasteiger partial charge in [0.1, 0.15) is 5.75 Å². The molecule has 0 atom stereocenters. The molecule has 2 aromatic carbocycles. The molecule has 0 aliphatic carbocycles. The molecule has 1 amide bonds. The zero-order valence-electron chi connectivity index (χ0n) is 9.69. The predicted octanol–water partition coefficient (Wildman–Crippen LogP) is 3.58. The van der Waals surface area contributed by atoms with E-state index in [2.05, 4.69) is 15.9 Å². The molecule has 0 aliphatic rings. The molecule has 98 valence electrons. The normalized spacial score (nSPS) is 10.2. The third-order valence-corrected chi connectivity index (χ3v) is 3.12. The molecule has 0 aliphatic heterocycles. The van der Waals surface area contributed by atoms with E-state index < -0.39 is 5.91 Å². The molecule has 6 heteroatoms. The highest BCUT2D eigenvalue weighted by Crippen LogP contribution is 2.35. The number of nitrogens with two attached hydrogens (primary N) is 2. The van der Waals surface area contributed by atoms with E-state index in [1.165, 1.54) is 12.1 Å². The van der Waals surface area contributed by atoms with E-state index >= 15 is 0 Å². The second-order valence-electron chi connectivity index (χ2n) is 3.80. The van der Waals surface area contributed by atoms with E-state index in [1.54, 1.807) is 18.2 Å². The number of anilines is 1. The summed E-state index contributed by atoms with van der Waals surface area (Å²) in [5, 5.41) is 0.230. The van der Waals surface area contributed by atoms with Crippen LogP contribution in [0.3, 0.4) is 0 Å². The first-order chi connectivity index (χ1) is 8.97. The standard InChI is InChI=1S/C13H10BrClN2O2/c14-7-2-1-3-9(4-7)19-12-10(13(17)18)5-8(16)6-11(12)15/h1-6H,16H2,(H2,17,18). The van der Waals surface area contributed by atoms with Crippen LogP contribution in [0.4, 0.5) is 5.69 Å². The monoisotopic (exact) mass is 340 g/mol. The van der Waals surface area contributed by atoms with Crippen molar-refractivity contribution in [3.8, 4) is 11.5 Å². The Bertz CT molecular complexity index is 647. The Hall–Kier alpha value is -1.72. The number of ether oxygens (including phenoxy) is 1. The lowest BCUT2D eigenvalue weighted by Gasteiger charge is -2.12. The number of rotatable bonds is 3. The molecule has 2 aromatic rings. The van der Waals surface area contributed by atoms with Crippen LogP contribution in [0.25, 0.3) is 0 Å². The van der Waals surface area contributed by atoms with Gasteiger partial charge in [0.2, 0.25) is 0 Å². The molecule has 0 bridgehead atoms. The number of amides is 1. The maximum absolute atomic E-state index is 11.4. The Morgan fingerprint density at radius 2 is 2.00 bits per heavy atom. The second-order valence-corrected chi connectivity index (χ2v) is 5.13. The molecule has 4 N–H and O–H groups in total.